The van der Waals surface area contributed by atoms with Crippen molar-refractivity contribution in [1.29, 1.82) is 0 Å². The van der Waals surface area contributed by atoms with E-state index < -0.39 is 8.32 Å². The van der Waals surface area contributed by atoms with Crippen molar-refractivity contribution in [1.82, 2.24) is 0 Å². The first-order chi connectivity index (χ1) is 9.32. The monoisotopic (exact) mass is 308 g/mol. The molecule has 2 bridgehead atoms. The molecule has 2 aliphatic rings. The molecular weight excluding hydrogens is 272 g/mol. The van der Waals surface area contributed by atoms with Crippen LogP contribution in [0.4, 0.5) is 0 Å². The second-order valence-electron chi connectivity index (χ2n) is 9.90. The second kappa shape index (κ2) is 4.96. The number of fused-ring (bicyclic) bond motifs is 2. The SMILES string of the molecule is C=C1C[C@]2(C)CCC[C@@H](O[Si](C)(C)C(C)(C)C)[C@H]1C2(C)C. The van der Waals surface area contributed by atoms with Crippen LogP contribution in [0, 0.1) is 16.7 Å². The van der Waals surface area contributed by atoms with Gasteiger partial charge in [-0.3, -0.25) is 0 Å². The van der Waals surface area contributed by atoms with Crippen LogP contribution in [-0.4, -0.2) is 14.4 Å². The molecule has 0 radical (unpaired) electrons. The third-order valence-electron chi connectivity index (χ3n) is 7.23. The Kier molecular flexibility index (Phi) is 4.08. The standard InChI is InChI=1S/C19H36OSi/c1-14-13-19(7)12-10-11-15(16(14)18(19,5)6)20-21(8,9)17(2,3)4/h15-16H,1,10-13H2,2-9H3/t15-,16+,19+/m1/s1. The summed E-state index contributed by atoms with van der Waals surface area (Å²) >= 11 is 0. The Morgan fingerprint density at radius 3 is 2.29 bits per heavy atom. The van der Waals surface area contributed by atoms with Crippen LogP contribution >= 0.6 is 0 Å². The zero-order valence-electron chi connectivity index (χ0n) is 15.6. The van der Waals surface area contributed by atoms with E-state index in [4.69, 9.17) is 4.43 Å². The summed E-state index contributed by atoms with van der Waals surface area (Å²) in [5.41, 5.74) is 2.18. The van der Waals surface area contributed by atoms with Crippen molar-refractivity contribution in [2.45, 2.75) is 91.5 Å². The average Bonchev–Trinajstić information content (AvgIpc) is 2.34. The van der Waals surface area contributed by atoms with E-state index in [2.05, 4.69) is 61.2 Å². The van der Waals surface area contributed by atoms with Crippen molar-refractivity contribution in [2.24, 2.45) is 16.7 Å². The molecule has 0 heterocycles. The Labute approximate surface area is 133 Å². The van der Waals surface area contributed by atoms with Gasteiger partial charge in [0.15, 0.2) is 8.32 Å². The van der Waals surface area contributed by atoms with Crippen LogP contribution in [-0.2, 0) is 4.43 Å². The first-order valence-electron chi connectivity index (χ1n) is 8.67. The van der Waals surface area contributed by atoms with Gasteiger partial charge in [0, 0.05) is 5.92 Å². The quantitative estimate of drug-likeness (QED) is 0.438. The van der Waals surface area contributed by atoms with Crippen LogP contribution in [0.25, 0.3) is 0 Å². The third-order valence-corrected chi connectivity index (χ3v) is 11.7. The normalized spacial score (nSPS) is 36.7. The second-order valence-corrected chi connectivity index (χ2v) is 14.7. The van der Waals surface area contributed by atoms with E-state index in [1.807, 2.05) is 0 Å². The molecule has 21 heavy (non-hydrogen) atoms. The smallest absolute Gasteiger partial charge is 0.192 e. The number of hydrogen-bond donors (Lipinski definition) is 0. The number of rotatable bonds is 2. The first-order valence-corrected chi connectivity index (χ1v) is 11.6. The summed E-state index contributed by atoms with van der Waals surface area (Å²) in [6.07, 6.45) is 5.44. The molecule has 0 saturated heterocycles. The van der Waals surface area contributed by atoms with Gasteiger partial charge in [0.05, 0.1) is 6.10 Å². The van der Waals surface area contributed by atoms with Gasteiger partial charge < -0.3 is 4.43 Å². The Morgan fingerprint density at radius 2 is 1.76 bits per heavy atom. The predicted molar refractivity (Wildman–Crippen MR) is 95.1 cm³/mol. The maximum Gasteiger partial charge on any atom is 0.192 e. The van der Waals surface area contributed by atoms with Gasteiger partial charge in [-0.05, 0) is 48.2 Å². The fourth-order valence-corrected chi connectivity index (χ4v) is 5.77. The molecule has 122 valence electrons. The lowest BCUT2D eigenvalue weighted by Gasteiger charge is -2.45. The van der Waals surface area contributed by atoms with Crippen molar-refractivity contribution in [3.05, 3.63) is 12.2 Å². The highest BCUT2D eigenvalue weighted by atomic mass is 28.4. The van der Waals surface area contributed by atoms with Crippen LogP contribution in [0.2, 0.25) is 18.1 Å². The Hall–Kier alpha value is -0.0831. The molecule has 0 N–H and O–H groups in total. The largest absolute Gasteiger partial charge is 0.413 e. The van der Waals surface area contributed by atoms with Gasteiger partial charge in [-0.15, -0.1) is 0 Å². The van der Waals surface area contributed by atoms with Crippen molar-refractivity contribution < 1.29 is 4.43 Å². The van der Waals surface area contributed by atoms with Gasteiger partial charge in [0.25, 0.3) is 0 Å². The zero-order chi connectivity index (χ0) is 16.3. The predicted octanol–water partition coefficient (Wildman–Crippen LogP) is 6.17. The fraction of sp³-hybridized carbons (Fsp3) is 0.895. The van der Waals surface area contributed by atoms with Crippen molar-refractivity contribution >= 4 is 8.32 Å². The molecule has 1 nitrogen and oxygen atoms in total. The fourth-order valence-electron chi connectivity index (χ4n) is 4.41. The van der Waals surface area contributed by atoms with Gasteiger partial charge >= 0.3 is 0 Å². The summed E-state index contributed by atoms with van der Waals surface area (Å²) in [5.74, 6) is 0.541. The van der Waals surface area contributed by atoms with E-state index in [1.165, 1.54) is 31.3 Å². The van der Waals surface area contributed by atoms with Gasteiger partial charge in [-0.2, -0.15) is 0 Å². The van der Waals surface area contributed by atoms with Crippen LogP contribution in [0.3, 0.4) is 0 Å². The lowest BCUT2D eigenvalue weighted by atomic mass is 9.64. The molecule has 0 unspecified atom stereocenters. The van der Waals surface area contributed by atoms with Gasteiger partial charge in [0.1, 0.15) is 0 Å². The third kappa shape index (κ3) is 2.67. The number of hydrogen-bond acceptors (Lipinski definition) is 1. The maximum absolute atomic E-state index is 6.88. The highest BCUT2D eigenvalue weighted by Crippen LogP contribution is 2.64. The minimum absolute atomic E-state index is 0.284. The van der Waals surface area contributed by atoms with Crippen LogP contribution < -0.4 is 0 Å². The van der Waals surface area contributed by atoms with Crippen molar-refractivity contribution in [3.8, 4) is 0 Å². The minimum Gasteiger partial charge on any atom is -0.413 e. The minimum atomic E-state index is -1.71. The molecular formula is C19H36OSi. The van der Waals surface area contributed by atoms with E-state index >= 15 is 0 Å². The van der Waals surface area contributed by atoms with Gasteiger partial charge in [0.2, 0.25) is 0 Å². The molecule has 0 spiro atoms. The average molecular weight is 309 g/mol. The molecule has 2 heteroatoms. The summed E-state index contributed by atoms with van der Waals surface area (Å²) in [5, 5.41) is 0.284. The summed E-state index contributed by atoms with van der Waals surface area (Å²) in [7, 11) is -1.71. The molecule has 0 aromatic heterocycles. The van der Waals surface area contributed by atoms with E-state index in [9.17, 15) is 0 Å². The van der Waals surface area contributed by atoms with Crippen molar-refractivity contribution in [3.63, 3.8) is 0 Å². The summed E-state index contributed by atoms with van der Waals surface area (Å²) < 4.78 is 6.88. The lowest BCUT2D eigenvalue weighted by Crippen LogP contribution is -2.47. The molecule has 2 aliphatic carbocycles. The zero-order valence-corrected chi connectivity index (χ0v) is 16.6. The Balaban J connectivity index is 2.32. The highest BCUT2D eigenvalue weighted by molar-refractivity contribution is 6.74. The summed E-state index contributed by atoms with van der Waals surface area (Å²) in [4.78, 5) is 0. The Bertz CT molecular complexity index is 429. The highest BCUT2D eigenvalue weighted by Gasteiger charge is 2.57. The molecule has 2 rings (SSSR count). The molecule has 2 fully saturated rings. The van der Waals surface area contributed by atoms with Crippen molar-refractivity contribution in [2.75, 3.05) is 0 Å². The summed E-state index contributed by atoms with van der Waals surface area (Å²) in [6.45, 7) is 23.7. The van der Waals surface area contributed by atoms with E-state index in [-0.39, 0.29) is 5.04 Å². The van der Waals surface area contributed by atoms with Crippen LogP contribution in [0.5, 0.6) is 0 Å². The summed E-state index contributed by atoms with van der Waals surface area (Å²) in [6, 6.07) is 0. The molecule has 3 atom stereocenters. The molecule has 0 aromatic rings. The van der Waals surface area contributed by atoms with Crippen LogP contribution in [0.15, 0.2) is 12.2 Å². The molecule has 0 amide bonds. The van der Waals surface area contributed by atoms with E-state index in [0.717, 1.165) is 0 Å². The van der Waals surface area contributed by atoms with E-state index in [1.54, 1.807) is 0 Å². The van der Waals surface area contributed by atoms with Crippen LogP contribution in [0.1, 0.15) is 67.2 Å². The van der Waals surface area contributed by atoms with Gasteiger partial charge in [-0.1, -0.05) is 60.1 Å². The topological polar surface area (TPSA) is 9.23 Å². The molecule has 0 aromatic carbocycles. The molecule has 2 saturated carbocycles. The first kappa shape index (κ1) is 17.3. The van der Waals surface area contributed by atoms with E-state index in [0.29, 0.717) is 22.9 Å². The van der Waals surface area contributed by atoms with Gasteiger partial charge in [-0.25, -0.2) is 0 Å². The Morgan fingerprint density at radius 1 is 1.19 bits per heavy atom. The lowest BCUT2D eigenvalue weighted by molar-refractivity contribution is 0.0365. The maximum atomic E-state index is 6.88. The molecule has 0 aliphatic heterocycles.